The van der Waals surface area contributed by atoms with Crippen molar-refractivity contribution >= 4 is 5.97 Å². The minimum atomic E-state index is -1.68. The van der Waals surface area contributed by atoms with Crippen LogP contribution in [0.3, 0.4) is 0 Å². The average molecular weight is 344 g/mol. The monoisotopic (exact) mass is 344 g/mol. The highest BCUT2D eigenvalue weighted by Gasteiger charge is 2.45. The summed E-state index contributed by atoms with van der Waals surface area (Å²) in [6, 6.07) is 5.81. The zero-order chi connectivity index (χ0) is 17.9. The molecule has 134 valence electrons. The minimum absolute atomic E-state index is 0.0282. The number of aliphatic hydroxyl groups excluding tert-OH is 4. The molecule has 9 heteroatoms. The Balaban J connectivity index is 2.08. The van der Waals surface area contributed by atoms with Gasteiger partial charge >= 0.3 is 5.97 Å². The Kier molecular flexibility index (Phi) is 6.10. The Morgan fingerprint density at radius 1 is 1.12 bits per heavy atom. The molecule has 0 aliphatic carbocycles. The van der Waals surface area contributed by atoms with Crippen molar-refractivity contribution in [3.63, 3.8) is 0 Å². The summed E-state index contributed by atoms with van der Waals surface area (Å²) in [6.45, 7) is -0.638. The molecule has 1 aliphatic heterocycles. The van der Waals surface area contributed by atoms with Crippen molar-refractivity contribution < 1.29 is 44.9 Å². The number of carbonyl (C=O) groups is 1. The van der Waals surface area contributed by atoms with E-state index in [0.29, 0.717) is 5.56 Å². The number of aliphatic carboxylic acids is 1. The summed E-state index contributed by atoms with van der Waals surface area (Å²) in [6.07, 6.45) is -9.07. The number of carboxylic acids is 1. The zero-order valence-corrected chi connectivity index (χ0v) is 12.6. The molecular weight excluding hydrogens is 324 g/mol. The van der Waals surface area contributed by atoms with E-state index in [2.05, 4.69) is 0 Å². The quantitative estimate of drug-likeness (QED) is 0.350. The highest BCUT2D eigenvalue weighted by Crippen LogP contribution is 2.24. The Hall–Kier alpha value is -1.75. The predicted octanol–water partition coefficient (Wildman–Crippen LogP) is -1.80. The molecule has 24 heavy (non-hydrogen) atoms. The third-order valence-corrected chi connectivity index (χ3v) is 3.78. The lowest BCUT2D eigenvalue weighted by Crippen LogP contribution is -2.60. The van der Waals surface area contributed by atoms with Crippen LogP contribution in [0.4, 0.5) is 0 Å². The first-order valence-electron chi connectivity index (χ1n) is 7.30. The van der Waals surface area contributed by atoms with E-state index in [0.717, 1.165) is 0 Å². The second-order valence-corrected chi connectivity index (χ2v) is 5.53. The third-order valence-electron chi connectivity index (χ3n) is 3.78. The molecule has 2 rings (SSSR count). The SMILES string of the molecule is O=C(O)C(Cc1ccc(O)cc1)O[C@@H]1O[C@H](CO)[C@H](O)[C@H](O)[C@H]1O. The smallest absolute Gasteiger partial charge is 0.333 e. The molecule has 0 aromatic heterocycles. The van der Waals surface area contributed by atoms with Crippen LogP contribution < -0.4 is 0 Å². The van der Waals surface area contributed by atoms with Gasteiger partial charge in [-0.25, -0.2) is 4.79 Å². The summed E-state index contributed by atoms with van der Waals surface area (Å²) < 4.78 is 10.4. The lowest BCUT2D eigenvalue weighted by molar-refractivity contribution is -0.309. The fourth-order valence-corrected chi connectivity index (χ4v) is 2.38. The maximum atomic E-state index is 11.4. The summed E-state index contributed by atoms with van der Waals surface area (Å²) in [5.41, 5.74) is 0.560. The van der Waals surface area contributed by atoms with E-state index in [9.17, 15) is 30.3 Å². The van der Waals surface area contributed by atoms with Gasteiger partial charge in [0.05, 0.1) is 6.61 Å². The van der Waals surface area contributed by atoms with Crippen LogP contribution in [0.15, 0.2) is 24.3 Å². The molecule has 0 radical (unpaired) electrons. The van der Waals surface area contributed by atoms with Gasteiger partial charge in [0, 0.05) is 6.42 Å². The highest BCUT2D eigenvalue weighted by atomic mass is 16.7. The van der Waals surface area contributed by atoms with E-state index in [1.54, 1.807) is 0 Å². The number of ether oxygens (including phenoxy) is 2. The van der Waals surface area contributed by atoms with Crippen LogP contribution in [0.2, 0.25) is 0 Å². The fraction of sp³-hybridized carbons (Fsp3) is 0.533. The lowest BCUT2D eigenvalue weighted by atomic mass is 9.99. The summed E-state index contributed by atoms with van der Waals surface area (Å²) in [4.78, 5) is 11.4. The molecule has 6 N–H and O–H groups in total. The Bertz CT molecular complexity index is 544. The third kappa shape index (κ3) is 4.20. The van der Waals surface area contributed by atoms with Crippen molar-refractivity contribution in [1.82, 2.24) is 0 Å². The van der Waals surface area contributed by atoms with Crippen molar-refractivity contribution in [1.29, 1.82) is 0 Å². The van der Waals surface area contributed by atoms with E-state index in [1.807, 2.05) is 0 Å². The van der Waals surface area contributed by atoms with Gasteiger partial charge < -0.3 is 40.1 Å². The number of aliphatic hydroxyl groups is 4. The van der Waals surface area contributed by atoms with Gasteiger partial charge in [0.25, 0.3) is 0 Å². The number of rotatable bonds is 6. The number of phenolic OH excluding ortho intramolecular Hbond substituents is 1. The molecule has 1 aliphatic rings. The number of hydrogen-bond acceptors (Lipinski definition) is 8. The number of carboxylic acid groups (broad SMARTS) is 1. The van der Waals surface area contributed by atoms with E-state index in [-0.39, 0.29) is 12.2 Å². The molecule has 1 saturated heterocycles. The normalized spacial score (nSPS) is 31.6. The molecule has 0 spiro atoms. The summed E-state index contributed by atoms with van der Waals surface area (Å²) in [7, 11) is 0. The molecule has 6 atom stereocenters. The van der Waals surface area contributed by atoms with Crippen molar-refractivity contribution in [3.05, 3.63) is 29.8 Å². The van der Waals surface area contributed by atoms with Crippen LogP contribution in [0.5, 0.6) is 5.75 Å². The fourth-order valence-electron chi connectivity index (χ4n) is 2.38. The van der Waals surface area contributed by atoms with Crippen LogP contribution >= 0.6 is 0 Å². The number of phenols is 1. The van der Waals surface area contributed by atoms with Crippen molar-refractivity contribution in [2.24, 2.45) is 0 Å². The van der Waals surface area contributed by atoms with Gasteiger partial charge in [-0.2, -0.15) is 0 Å². The van der Waals surface area contributed by atoms with Crippen LogP contribution in [0.1, 0.15) is 5.56 Å². The van der Waals surface area contributed by atoms with Crippen LogP contribution in [-0.2, 0) is 20.7 Å². The van der Waals surface area contributed by atoms with E-state index in [1.165, 1.54) is 24.3 Å². The van der Waals surface area contributed by atoms with Crippen LogP contribution in [0, 0.1) is 0 Å². The Morgan fingerprint density at radius 2 is 1.75 bits per heavy atom. The minimum Gasteiger partial charge on any atom is -0.508 e. The molecule has 0 amide bonds. The van der Waals surface area contributed by atoms with Gasteiger partial charge in [0.15, 0.2) is 12.4 Å². The summed E-state index contributed by atoms with van der Waals surface area (Å²) >= 11 is 0. The van der Waals surface area contributed by atoms with Crippen molar-refractivity contribution in [2.75, 3.05) is 6.61 Å². The van der Waals surface area contributed by atoms with Crippen LogP contribution in [-0.4, -0.2) is 80.0 Å². The number of hydrogen-bond donors (Lipinski definition) is 6. The van der Waals surface area contributed by atoms with Gasteiger partial charge in [0.1, 0.15) is 30.2 Å². The molecular formula is C15H20O9. The van der Waals surface area contributed by atoms with Gasteiger partial charge in [-0.3, -0.25) is 0 Å². The molecule has 1 aromatic rings. The topological polar surface area (TPSA) is 157 Å². The standard InChI is InChI=1S/C15H20O9/c16-6-10-11(18)12(19)13(20)15(24-10)23-9(14(21)22)5-7-1-3-8(17)4-2-7/h1-4,9-13,15-20H,5-6H2,(H,21,22)/t9?,10-,11+,12+,13-,15-/m1/s1. The van der Waals surface area contributed by atoms with Gasteiger partial charge in [0.2, 0.25) is 0 Å². The first kappa shape index (κ1) is 18.6. The van der Waals surface area contributed by atoms with Gasteiger partial charge in [-0.15, -0.1) is 0 Å². The second-order valence-electron chi connectivity index (χ2n) is 5.53. The molecule has 1 aromatic carbocycles. The average Bonchev–Trinajstić information content (AvgIpc) is 2.56. The Morgan fingerprint density at radius 3 is 2.29 bits per heavy atom. The van der Waals surface area contributed by atoms with Crippen molar-refractivity contribution in [3.8, 4) is 5.75 Å². The highest BCUT2D eigenvalue weighted by molar-refractivity contribution is 5.72. The van der Waals surface area contributed by atoms with Gasteiger partial charge in [-0.1, -0.05) is 12.1 Å². The number of benzene rings is 1. The molecule has 9 nitrogen and oxygen atoms in total. The largest absolute Gasteiger partial charge is 0.508 e. The Labute approximate surface area is 137 Å². The first-order valence-corrected chi connectivity index (χ1v) is 7.30. The zero-order valence-electron chi connectivity index (χ0n) is 12.6. The first-order chi connectivity index (χ1) is 11.3. The van der Waals surface area contributed by atoms with Gasteiger partial charge in [-0.05, 0) is 17.7 Å². The molecule has 1 unspecified atom stereocenters. The van der Waals surface area contributed by atoms with Crippen LogP contribution in [0.25, 0.3) is 0 Å². The molecule has 1 fully saturated rings. The predicted molar refractivity (Wildman–Crippen MR) is 78.1 cm³/mol. The van der Waals surface area contributed by atoms with E-state index >= 15 is 0 Å². The number of aromatic hydroxyl groups is 1. The molecule has 0 saturated carbocycles. The van der Waals surface area contributed by atoms with E-state index in [4.69, 9.17) is 14.6 Å². The maximum Gasteiger partial charge on any atom is 0.333 e. The summed E-state index contributed by atoms with van der Waals surface area (Å²) in [5, 5.41) is 56.9. The second kappa shape index (κ2) is 7.88. The molecule has 1 heterocycles. The summed E-state index contributed by atoms with van der Waals surface area (Å²) in [5.74, 6) is -1.29. The lowest BCUT2D eigenvalue weighted by Gasteiger charge is -2.40. The molecule has 0 bridgehead atoms. The maximum absolute atomic E-state index is 11.4. The van der Waals surface area contributed by atoms with Crippen molar-refractivity contribution in [2.45, 2.75) is 43.2 Å². The van der Waals surface area contributed by atoms with E-state index < -0.39 is 49.4 Å².